The standard InChI is InChI=1S/C19H31BrN4O3S/c1-12-16(20)22-14(10-25)17(21-12)24-8-6-19(7-9-24)11-27-13(2)15(19)23-28(26)18(3,4)5/h13,15,23,25H,6-11H2,1-5H3/t13-,15+,28+/m0/s1. The van der Waals surface area contributed by atoms with Gasteiger partial charge in [0.15, 0.2) is 5.82 Å². The summed E-state index contributed by atoms with van der Waals surface area (Å²) in [5.74, 6) is 0.757. The number of ether oxygens (including phenoxy) is 1. The van der Waals surface area contributed by atoms with Crippen molar-refractivity contribution in [2.75, 3.05) is 24.6 Å². The molecule has 3 heterocycles. The van der Waals surface area contributed by atoms with Crippen LogP contribution in [0.5, 0.6) is 0 Å². The number of piperidine rings is 1. The first kappa shape index (κ1) is 22.1. The predicted molar refractivity (Wildman–Crippen MR) is 115 cm³/mol. The van der Waals surface area contributed by atoms with Gasteiger partial charge in [-0.2, -0.15) is 0 Å². The van der Waals surface area contributed by atoms with E-state index in [1.54, 1.807) is 0 Å². The smallest absolute Gasteiger partial charge is 0.153 e. The maximum atomic E-state index is 12.7. The number of nitrogens with zero attached hydrogens (tertiary/aromatic N) is 3. The van der Waals surface area contributed by atoms with Crippen molar-refractivity contribution in [3.63, 3.8) is 0 Å². The Labute approximate surface area is 178 Å². The fourth-order valence-corrected chi connectivity index (χ4v) is 5.32. The highest BCUT2D eigenvalue weighted by Gasteiger charge is 2.50. The molecule has 3 rings (SSSR count). The second kappa shape index (κ2) is 8.26. The Morgan fingerprint density at radius 3 is 2.57 bits per heavy atom. The normalized spacial score (nSPS) is 26.0. The van der Waals surface area contributed by atoms with Crippen molar-refractivity contribution in [3.8, 4) is 0 Å². The molecule has 0 radical (unpaired) electrons. The van der Waals surface area contributed by atoms with Crippen molar-refractivity contribution in [2.45, 2.75) is 71.0 Å². The molecule has 158 valence electrons. The van der Waals surface area contributed by atoms with Crippen LogP contribution in [0, 0.1) is 12.3 Å². The summed E-state index contributed by atoms with van der Waals surface area (Å²) in [5.41, 5.74) is 1.37. The Kier molecular flexibility index (Phi) is 6.51. The highest BCUT2D eigenvalue weighted by molar-refractivity contribution is 9.10. The highest BCUT2D eigenvalue weighted by atomic mass is 79.9. The number of rotatable bonds is 4. The van der Waals surface area contributed by atoms with Crippen molar-refractivity contribution >= 4 is 32.7 Å². The molecule has 2 saturated heterocycles. The molecule has 2 aliphatic rings. The van der Waals surface area contributed by atoms with E-state index < -0.39 is 11.0 Å². The van der Waals surface area contributed by atoms with E-state index in [4.69, 9.17) is 4.74 Å². The molecule has 0 aromatic carbocycles. The molecule has 9 heteroatoms. The fourth-order valence-electron chi connectivity index (χ4n) is 3.99. The Hall–Kier alpha value is -0.610. The lowest BCUT2D eigenvalue weighted by Crippen LogP contribution is -2.55. The third-order valence-electron chi connectivity index (χ3n) is 5.82. The van der Waals surface area contributed by atoms with Crippen molar-refractivity contribution in [1.29, 1.82) is 0 Å². The van der Waals surface area contributed by atoms with Crippen LogP contribution >= 0.6 is 15.9 Å². The van der Waals surface area contributed by atoms with Gasteiger partial charge in [0.2, 0.25) is 0 Å². The van der Waals surface area contributed by atoms with Gasteiger partial charge in [0.1, 0.15) is 10.3 Å². The van der Waals surface area contributed by atoms with Crippen molar-refractivity contribution in [1.82, 2.24) is 14.7 Å². The van der Waals surface area contributed by atoms with Crippen LogP contribution in [0.25, 0.3) is 0 Å². The minimum Gasteiger partial charge on any atom is -0.390 e. The van der Waals surface area contributed by atoms with Gasteiger partial charge in [-0.3, -0.25) is 0 Å². The number of hydrogen-bond donors (Lipinski definition) is 2. The van der Waals surface area contributed by atoms with Crippen LogP contribution in [0.15, 0.2) is 4.60 Å². The molecule has 3 atom stereocenters. The lowest BCUT2D eigenvalue weighted by molar-refractivity contribution is 0.0973. The summed E-state index contributed by atoms with van der Waals surface area (Å²) in [6, 6.07) is 0.0600. The van der Waals surface area contributed by atoms with Crippen molar-refractivity contribution in [2.24, 2.45) is 5.41 Å². The van der Waals surface area contributed by atoms with E-state index in [1.165, 1.54) is 0 Å². The number of halogens is 1. The SMILES string of the molecule is Cc1nc(N2CCC3(CC2)CO[C@@H](C)[C@H]3N[S@](=O)C(C)(C)C)c(CO)nc1Br. The van der Waals surface area contributed by atoms with Crippen LogP contribution in [0.4, 0.5) is 5.82 Å². The summed E-state index contributed by atoms with van der Waals surface area (Å²) in [6.45, 7) is 12.1. The first-order chi connectivity index (χ1) is 13.1. The van der Waals surface area contributed by atoms with Gasteiger partial charge in [-0.15, -0.1) is 0 Å². The lowest BCUT2D eigenvalue weighted by Gasteiger charge is -2.43. The Morgan fingerprint density at radius 2 is 2.00 bits per heavy atom. The molecular weight excluding hydrogens is 444 g/mol. The van der Waals surface area contributed by atoms with Gasteiger partial charge in [-0.1, -0.05) is 0 Å². The average molecular weight is 475 g/mol. The molecule has 1 spiro atoms. The molecular formula is C19H31BrN4O3S. The van der Waals surface area contributed by atoms with Gasteiger partial charge in [0.05, 0.1) is 46.8 Å². The van der Waals surface area contributed by atoms with Crippen LogP contribution < -0.4 is 9.62 Å². The Balaban J connectivity index is 1.76. The van der Waals surface area contributed by atoms with E-state index in [1.807, 2.05) is 27.7 Å². The zero-order chi connectivity index (χ0) is 20.7. The molecule has 0 bridgehead atoms. The van der Waals surface area contributed by atoms with Crippen LogP contribution in [-0.2, 0) is 22.3 Å². The molecule has 7 nitrogen and oxygen atoms in total. The zero-order valence-electron chi connectivity index (χ0n) is 17.3. The minimum absolute atomic E-state index is 0.0283. The maximum absolute atomic E-state index is 12.7. The van der Waals surface area contributed by atoms with Crippen LogP contribution in [0.2, 0.25) is 0 Å². The van der Waals surface area contributed by atoms with E-state index in [0.29, 0.717) is 16.9 Å². The van der Waals surface area contributed by atoms with Crippen molar-refractivity contribution < 1.29 is 14.1 Å². The van der Waals surface area contributed by atoms with Gasteiger partial charge >= 0.3 is 0 Å². The van der Waals surface area contributed by atoms with E-state index in [0.717, 1.165) is 37.4 Å². The summed E-state index contributed by atoms with van der Waals surface area (Å²) in [5, 5.41) is 9.71. The maximum Gasteiger partial charge on any atom is 0.153 e. The summed E-state index contributed by atoms with van der Waals surface area (Å²) in [6.07, 6.45) is 1.86. The molecule has 1 aromatic rings. The summed E-state index contributed by atoms with van der Waals surface area (Å²) in [7, 11) is -1.14. The predicted octanol–water partition coefficient (Wildman–Crippen LogP) is 2.47. The first-order valence-corrected chi connectivity index (χ1v) is 11.7. The number of anilines is 1. The quantitative estimate of drug-likeness (QED) is 0.696. The Bertz CT molecular complexity index is 747. The lowest BCUT2D eigenvalue weighted by atomic mass is 9.73. The van der Waals surface area contributed by atoms with Gasteiger partial charge in [0, 0.05) is 18.5 Å². The average Bonchev–Trinajstić information content (AvgIpc) is 2.93. The summed E-state index contributed by atoms with van der Waals surface area (Å²) >= 11 is 3.39. The van der Waals surface area contributed by atoms with E-state index in [2.05, 4.69) is 42.4 Å². The van der Waals surface area contributed by atoms with E-state index in [-0.39, 0.29) is 28.9 Å². The van der Waals surface area contributed by atoms with Gasteiger partial charge in [0.25, 0.3) is 0 Å². The van der Waals surface area contributed by atoms with E-state index in [9.17, 15) is 9.32 Å². The van der Waals surface area contributed by atoms with Gasteiger partial charge in [-0.25, -0.2) is 18.9 Å². The van der Waals surface area contributed by atoms with Gasteiger partial charge in [-0.05, 0) is 63.4 Å². The molecule has 0 unspecified atom stereocenters. The van der Waals surface area contributed by atoms with Crippen molar-refractivity contribution in [3.05, 3.63) is 16.0 Å². The van der Waals surface area contributed by atoms with Crippen LogP contribution in [-0.4, -0.2) is 55.9 Å². The molecule has 28 heavy (non-hydrogen) atoms. The third-order valence-corrected chi connectivity index (χ3v) is 8.16. The number of nitrogens with one attached hydrogen (secondary N) is 1. The zero-order valence-corrected chi connectivity index (χ0v) is 19.7. The molecule has 0 aliphatic carbocycles. The van der Waals surface area contributed by atoms with E-state index >= 15 is 0 Å². The number of aromatic nitrogens is 2. The highest BCUT2D eigenvalue weighted by Crippen LogP contribution is 2.43. The molecule has 0 amide bonds. The number of hydrogen-bond acceptors (Lipinski definition) is 6. The molecule has 2 N–H and O–H groups in total. The fraction of sp³-hybridized carbons (Fsp3) is 0.789. The van der Waals surface area contributed by atoms with Crippen LogP contribution in [0.3, 0.4) is 0 Å². The number of aryl methyl sites for hydroxylation is 1. The second-order valence-electron chi connectivity index (χ2n) is 8.87. The molecule has 0 saturated carbocycles. The number of aliphatic hydroxyl groups excluding tert-OH is 1. The molecule has 2 aliphatic heterocycles. The topological polar surface area (TPSA) is 87.6 Å². The molecule has 1 aromatic heterocycles. The summed E-state index contributed by atoms with van der Waals surface area (Å²) < 4.78 is 22.4. The molecule has 2 fully saturated rings. The summed E-state index contributed by atoms with van der Waals surface area (Å²) in [4.78, 5) is 11.3. The first-order valence-electron chi connectivity index (χ1n) is 9.76. The minimum atomic E-state index is -1.14. The third kappa shape index (κ3) is 4.28. The van der Waals surface area contributed by atoms with Crippen LogP contribution in [0.1, 0.15) is 51.9 Å². The second-order valence-corrected chi connectivity index (χ2v) is 11.6. The van der Waals surface area contributed by atoms with Gasteiger partial charge < -0.3 is 14.7 Å². The Morgan fingerprint density at radius 1 is 1.36 bits per heavy atom. The monoisotopic (exact) mass is 474 g/mol. The number of aliphatic hydroxyl groups is 1. The largest absolute Gasteiger partial charge is 0.390 e.